The third kappa shape index (κ3) is 2.42. The van der Waals surface area contributed by atoms with Gasteiger partial charge in [-0.05, 0) is 56.2 Å². The molecule has 4 heteroatoms. The van der Waals surface area contributed by atoms with Crippen LogP contribution in [0.15, 0.2) is 48.0 Å². The Hall–Kier alpha value is -1.52. The molecule has 2 N–H and O–H groups in total. The van der Waals surface area contributed by atoms with E-state index >= 15 is 0 Å². The van der Waals surface area contributed by atoms with Gasteiger partial charge in [-0.3, -0.25) is 4.90 Å². The van der Waals surface area contributed by atoms with E-state index in [4.69, 9.17) is 4.74 Å². The molecule has 1 spiro atoms. The number of nitrogens with zero attached hydrogens (tertiary/aromatic N) is 1. The van der Waals surface area contributed by atoms with Gasteiger partial charge in [0.1, 0.15) is 6.10 Å². The van der Waals surface area contributed by atoms with Gasteiger partial charge in [0.2, 0.25) is 0 Å². The second kappa shape index (κ2) is 6.03. The molecule has 2 aliphatic heterocycles. The summed E-state index contributed by atoms with van der Waals surface area (Å²) in [6.07, 6.45) is 7.90. The Labute approximate surface area is 150 Å². The molecule has 2 bridgehead atoms. The molecule has 2 aliphatic carbocycles. The highest BCUT2D eigenvalue weighted by Gasteiger charge is 2.62. The molecule has 25 heavy (non-hydrogen) atoms. The smallest absolute Gasteiger partial charge is 0.165 e. The van der Waals surface area contributed by atoms with Crippen molar-refractivity contribution in [3.8, 4) is 0 Å². The Balaban J connectivity index is 1.76. The van der Waals surface area contributed by atoms with Crippen LogP contribution in [-0.4, -0.2) is 46.5 Å². The zero-order chi connectivity index (χ0) is 17.8. The van der Waals surface area contributed by atoms with Gasteiger partial charge in [0.05, 0.1) is 11.5 Å². The third-order valence-corrected chi connectivity index (χ3v) is 6.63. The van der Waals surface area contributed by atoms with Crippen LogP contribution in [0.4, 0.5) is 0 Å². The fourth-order valence-corrected chi connectivity index (χ4v) is 4.99. The van der Waals surface area contributed by atoms with Gasteiger partial charge in [0.25, 0.3) is 0 Å². The molecule has 4 atom stereocenters. The first-order valence-corrected chi connectivity index (χ1v) is 9.56. The number of hydrogen-bond donors (Lipinski definition) is 2. The molecule has 1 saturated carbocycles. The molecule has 136 valence electrons. The van der Waals surface area contributed by atoms with Crippen molar-refractivity contribution in [3.05, 3.63) is 48.0 Å². The van der Waals surface area contributed by atoms with Crippen molar-refractivity contribution < 1.29 is 14.9 Å². The van der Waals surface area contributed by atoms with Crippen LogP contribution >= 0.6 is 0 Å². The average Bonchev–Trinajstić information content (AvgIpc) is 3.37. The fourth-order valence-electron chi connectivity index (χ4n) is 4.99. The lowest BCUT2D eigenvalue weighted by Crippen LogP contribution is -2.62. The minimum absolute atomic E-state index is 0.0584. The van der Waals surface area contributed by atoms with Crippen LogP contribution in [0.3, 0.4) is 0 Å². The number of rotatable bonds is 5. The second-order valence-electron chi connectivity index (χ2n) is 8.02. The summed E-state index contributed by atoms with van der Waals surface area (Å²) in [5.41, 5.74) is 1.45. The van der Waals surface area contributed by atoms with Crippen LogP contribution in [-0.2, 0) is 4.74 Å². The normalized spacial score (nSPS) is 39.3. The van der Waals surface area contributed by atoms with Crippen molar-refractivity contribution in [1.82, 2.24) is 4.90 Å². The SMILES string of the molecule is C=C/C(O)=C1/O[C@@H](C(=C)CC)C23CCN(CC4CC4)C(CC=C12)C3O. The van der Waals surface area contributed by atoms with Crippen LogP contribution in [0.1, 0.15) is 39.0 Å². The van der Waals surface area contributed by atoms with Gasteiger partial charge < -0.3 is 14.9 Å². The maximum absolute atomic E-state index is 11.4. The molecular formula is C21H29NO3. The van der Waals surface area contributed by atoms with Crippen molar-refractivity contribution >= 4 is 0 Å². The van der Waals surface area contributed by atoms with Crippen LogP contribution < -0.4 is 0 Å². The number of fused-ring (bicyclic) bond motifs is 1. The highest BCUT2D eigenvalue weighted by molar-refractivity contribution is 5.48. The van der Waals surface area contributed by atoms with E-state index in [1.807, 2.05) is 0 Å². The van der Waals surface area contributed by atoms with Gasteiger partial charge in [-0.15, -0.1) is 0 Å². The van der Waals surface area contributed by atoms with E-state index in [1.165, 1.54) is 18.9 Å². The zero-order valence-electron chi connectivity index (χ0n) is 15.1. The van der Waals surface area contributed by atoms with E-state index in [-0.39, 0.29) is 17.9 Å². The average molecular weight is 343 g/mol. The fraction of sp³-hybridized carbons (Fsp3) is 0.619. The molecule has 0 radical (unpaired) electrons. The standard InChI is InChI=1S/C21H29NO3/c1-4-13(3)20-21-10-11-22(12-14-6-7-14)16(19(21)24)9-8-15(21)18(25-20)17(23)5-2/h5,8,14,16,19-20,23-24H,2-4,6-7,9-12H2,1H3/b18-17-/t16?,19?,20-,21?/m0/s1. The molecule has 3 unspecified atom stereocenters. The van der Waals surface area contributed by atoms with Gasteiger partial charge in [0.15, 0.2) is 11.5 Å². The topological polar surface area (TPSA) is 52.9 Å². The lowest BCUT2D eigenvalue weighted by molar-refractivity contribution is -0.0997. The molecule has 3 fully saturated rings. The molecule has 4 rings (SSSR count). The summed E-state index contributed by atoms with van der Waals surface area (Å²) in [6.45, 7) is 12.0. The van der Waals surface area contributed by atoms with Crippen molar-refractivity contribution in [2.45, 2.75) is 57.3 Å². The maximum atomic E-state index is 11.4. The van der Waals surface area contributed by atoms with E-state index in [0.29, 0.717) is 5.76 Å². The number of ether oxygens (including phenoxy) is 1. The summed E-state index contributed by atoms with van der Waals surface area (Å²) in [4.78, 5) is 2.47. The first-order chi connectivity index (χ1) is 12.0. The minimum atomic E-state index is -0.497. The van der Waals surface area contributed by atoms with Crippen LogP contribution in [0.2, 0.25) is 0 Å². The molecule has 0 aromatic rings. The third-order valence-electron chi connectivity index (χ3n) is 6.63. The summed E-state index contributed by atoms with van der Waals surface area (Å²) in [5, 5.41) is 21.7. The number of aliphatic hydroxyl groups is 2. The molecule has 0 aromatic carbocycles. The maximum Gasteiger partial charge on any atom is 0.165 e. The molecule has 2 saturated heterocycles. The molecular weight excluding hydrogens is 314 g/mol. The van der Waals surface area contributed by atoms with Gasteiger partial charge >= 0.3 is 0 Å². The van der Waals surface area contributed by atoms with Gasteiger partial charge in [-0.1, -0.05) is 26.2 Å². The Morgan fingerprint density at radius 3 is 2.88 bits per heavy atom. The lowest BCUT2D eigenvalue weighted by Gasteiger charge is -2.53. The van der Waals surface area contributed by atoms with Gasteiger partial charge in [-0.25, -0.2) is 0 Å². The highest BCUT2D eigenvalue weighted by Crippen LogP contribution is 2.59. The number of piperidine rings is 1. The predicted octanol–water partition coefficient (Wildman–Crippen LogP) is 3.47. The monoisotopic (exact) mass is 343 g/mol. The second-order valence-corrected chi connectivity index (χ2v) is 8.02. The molecule has 0 aromatic heterocycles. The number of aliphatic hydroxyl groups excluding tert-OH is 2. The van der Waals surface area contributed by atoms with Crippen molar-refractivity contribution in [2.75, 3.05) is 13.1 Å². The van der Waals surface area contributed by atoms with E-state index in [9.17, 15) is 10.2 Å². The first-order valence-electron chi connectivity index (χ1n) is 9.56. The van der Waals surface area contributed by atoms with Crippen LogP contribution in [0, 0.1) is 11.3 Å². The summed E-state index contributed by atoms with van der Waals surface area (Å²) >= 11 is 0. The Kier molecular flexibility index (Phi) is 4.08. The van der Waals surface area contributed by atoms with Gasteiger partial charge in [0, 0.05) is 18.2 Å². The molecule has 0 amide bonds. The Morgan fingerprint density at radius 2 is 2.24 bits per heavy atom. The summed E-state index contributed by atoms with van der Waals surface area (Å²) < 4.78 is 6.20. The predicted molar refractivity (Wildman–Crippen MR) is 98.0 cm³/mol. The largest absolute Gasteiger partial charge is 0.504 e. The van der Waals surface area contributed by atoms with Crippen molar-refractivity contribution in [1.29, 1.82) is 0 Å². The highest BCUT2D eigenvalue weighted by atomic mass is 16.5. The summed E-state index contributed by atoms with van der Waals surface area (Å²) in [6, 6.07) is 0.138. The minimum Gasteiger partial charge on any atom is -0.504 e. The van der Waals surface area contributed by atoms with Crippen molar-refractivity contribution in [2.24, 2.45) is 11.3 Å². The number of likely N-dealkylation sites (tertiary alicyclic amines) is 1. The molecule has 4 aliphatic rings. The molecule has 4 nitrogen and oxygen atoms in total. The number of hydrogen-bond acceptors (Lipinski definition) is 4. The Bertz CT molecular complexity index is 660. The van der Waals surface area contributed by atoms with E-state index in [0.717, 1.165) is 49.4 Å². The van der Waals surface area contributed by atoms with E-state index in [1.54, 1.807) is 0 Å². The molecule has 2 heterocycles. The zero-order valence-corrected chi connectivity index (χ0v) is 15.1. The Morgan fingerprint density at radius 1 is 1.48 bits per heavy atom. The summed E-state index contributed by atoms with van der Waals surface area (Å²) in [7, 11) is 0. The van der Waals surface area contributed by atoms with Crippen molar-refractivity contribution in [3.63, 3.8) is 0 Å². The van der Waals surface area contributed by atoms with Gasteiger partial charge in [-0.2, -0.15) is 0 Å². The van der Waals surface area contributed by atoms with Crippen LogP contribution in [0.25, 0.3) is 0 Å². The van der Waals surface area contributed by atoms with E-state index < -0.39 is 11.5 Å². The summed E-state index contributed by atoms with van der Waals surface area (Å²) in [5.74, 6) is 1.36. The number of allylic oxidation sites excluding steroid dienone is 2. The quantitative estimate of drug-likeness (QED) is 0.593. The van der Waals surface area contributed by atoms with Crippen LogP contribution in [0.5, 0.6) is 0 Å². The first kappa shape index (κ1) is 16.9. The van der Waals surface area contributed by atoms with E-state index in [2.05, 4.69) is 31.1 Å². The lowest BCUT2D eigenvalue weighted by atomic mass is 9.60.